The molecule has 1 aromatic carbocycles. The van der Waals surface area contributed by atoms with Crippen molar-refractivity contribution >= 4 is 27.5 Å². The van der Waals surface area contributed by atoms with Gasteiger partial charge in [-0.25, -0.2) is 8.42 Å². The first-order valence-corrected chi connectivity index (χ1v) is 12.0. The molecule has 11 heteroatoms. The number of sulfonamides is 1. The monoisotopic (exact) mass is 471 g/mol. The van der Waals surface area contributed by atoms with Crippen LogP contribution in [-0.2, 0) is 28.4 Å². The first kappa shape index (κ1) is 22.7. The van der Waals surface area contributed by atoms with Gasteiger partial charge in [-0.2, -0.15) is 9.40 Å². The third-order valence-electron chi connectivity index (χ3n) is 5.62. The molecule has 3 heterocycles. The Morgan fingerprint density at radius 1 is 1.12 bits per heavy atom. The molecule has 1 saturated heterocycles. The Morgan fingerprint density at radius 3 is 2.52 bits per heavy atom. The number of benzene rings is 1. The first-order chi connectivity index (χ1) is 15.9. The number of rotatable bonds is 7. The summed E-state index contributed by atoms with van der Waals surface area (Å²) in [7, 11) is -1.97. The molecule has 1 aliphatic rings. The van der Waals surface area contributed by atoms with E-state index in [9.17, 15) is 18.0 Å². The van der Waals surface area contributed by atoms with E-state index in [4.69, 9.17) is 4.42 Å². The largest absolute Gasteiger partial charge is 0.467 e. The highest BCUT2D eigenvalue weighted by Crippen LogP contribution is 2.25. The highest BCUT2D eigenvalue weighted by Gasteiger charge is 2.32. The number of nitrogens with one attached hydrogen (secondary N) is 2. The summed E-state index contributed by atoms with van der Waals surface area (Å²) >= 11 is 0. The van der Waals surface area contributed by atoms with Crippen LogP contribution in [0.4, 0.5) is 5.69 Å². The Morgan fingerprint density at radius 2 is 1.85 bits per heavy atom. The van der Waals surface area contributed by atoms with Gasteiger partial charge in [-0.1, -0.05) is 18.2 Å². The minimum Gasteiger partial charge on any atom is -0.467 e. The molecule has 0 unspecified atom stereocenters. The molecule has 0 atom stereocenters. The van der Waals surface area contributed by atoms with Crippen LogP contribution in [-0.4, -0.2) is 47.4 Å². The molecule has 4 rings (SSSR count). The molecule has 1 fully saturated rings. The summed E-state index contributed by atoms with van der Waals surface area (Å²) in [5.74, 6) is -0.426. The lowest BCUT2D eigenvalue weighted by Crippen LogP contribution is -2.41. The van der Waals surface area contributed by atoms with Gasteiger partial charge < -0.3 is 15.1 Å². The van der Waals surface area contributed by atoms with Crippen molar-refractivity contribution < 1.29 is 22.4 Å². The SMILES string of the molecule is Cn1ncc(NC(=O)C2CCN(S(=O)(=O)c3ccccc3)CC2)c1C(=O)NCc1ccco1. The number of anilines is 1. The van der Waals surface area contributed by atoms with Gasteiger partial charge in [-0.3, -0.25) is 14.3 Å². The van der Waals surface area contributed by atoms with Crippen molar-refractivity contribution in [2.24, 2.45) is 13.0 Å². The van der Waals surface area contributed by atoms with Crippen molar-refractivity contribution in [2.45, 2.75) is 24.3 Å². The van der Waals surface area contributed by atoms with Crippen molar-refractivity contribution in [3.05, 3.63) is 66.4 Å². The van der Waals surface area contributed by atoms with E-state index >= 15 is 0 Å². The fourth-order valence-corrected chi connectivity index (χ4v) is 5.29. The molecule has 0 bridgehead atoms. The van der Waals surface area contributed by atoms with Crippen molar-refractivity contribution in [3.63, 3.8) is 0 Å². The predicted molar refractivity (Wildman–Crippen MR) is 120 cm³/mol. The Kier molecular flexibility index (Phi) is 6.61. The van der Waals surface area contributed by atoms with E-state index in [2.05, 4.69) is 15.7 Å². The molecule has 10 nitrogen and oxygen atoms in total. The maximum Gasteiger partial charge on any atom is 0.272 e. The van der Waals surface area contributed by atoms with Gasteiger partial charge in [0.25, 0.3) is 5.91 Å². The molecular formula is C22H25N5O5S. The van der Waals surface area contributed by atoms with Gasteiger partial charge in [0.1, 0.15) is 11.5 Å². The van der Waals surface area contributed by atoms with Crippen LogP contribution in [0.5, 0.6) is 0 Å². The molecule has 1 aliphatic heterocycles. The number of hydrogen-bond donors (Lipinski definition) is 2. The second kappa shape index (κ2) is 9.59. The molecule has 3 aromatic rings. The lowest BCUT2D eigenvalue weighted by atomic mass is 9.97. The number of carbonyl (C=O) groups excluding carboxylic acids is 2. The number of furan rings is 1. The molecule has 2 amide bonds. The van der Waals surface area contributed by atoms with Crippen LogP contribution in [0.25, 0.3) is 0 Å². The highest BCUT2D eigenvalue weighted by atomic mass is 32.2. The van der Waals surface area contributed by atoms with Crippen molar-refractivity contribution in [3.8, 4) is 0 Å². The predicted octanol–water partition coefficient (Wildman–Crippen LogP) is 1.98. The highest BCUT2D eigenvalue weighted by molar-refractivity contribution is 7.89. The van der Waals surface area contributed by atoms with Gasteiger partial charge in [0, 0.05) is 26.1 Å². The molecule has 0 saturated carbocycles. The Labute approximate surface area is 191 Å². The summed E-state index contributed by atoms with van der Waals surface area (Å²) < 4.78 is 33.6. The number of aromatic nitrogens is 2. The lowest BCUT2D eigenvalue weighted by molar-refractivity contribution is -0.120. The molecule has 0 aliphatic carbocycles. The van der Waals surface area contributed by atoms with Crippen LogP contribution in [0.3, 0.4) is 0 Å². The molecule has 33 heavy (non-hydrogen) atoms. The number of piperidine rings is 1. The smallest absolute Gasteiger partial charge is 0.272 e. The first-order valence-electron chi connectivity index (χ1n) is 10.5. The Hall–Kier alpha value is -3.44. The van der Waals surface area contributed by atoms with E-state index < -0.39 is 15.9 Å². The molecule has 2 aromatic heterocycles. The number of amides is 2. The van der Waals surface area contributed by atoms with Crippen molar-refractivity contribution in [1.29, 1.82) is 0 Å². The van der Waals surface area contributed by atoms with Crippen molar-refractivity contribution in [2.75, 3.05) is 18.4 Å². The van der Waals surface area contributed by atoms with Crippen LogP contribution < -0.4 is 10.6 Å². The van der Waals surface area contributed by atoms with Crippen LogP contribution in [0, 0.1) is 5.92 Å². The zero-order chi connectivity index (χ0) is 23.4. The van der Waals surface area contributed by atoms with E-state index in [0.717, 1.165) is 0 Å². The molecular weight excluding hydrogens is 446 g/mol. The summed E-state index contributed by atoms with van der Waals surface area (Å²) in [5.41, 5.74) is 0.526. The van der Waals surface area contributed by atoms with Gasteiger partial charge >= 0.3 is 0 Å². The Balaban J connectivity index is 1.36. The normalized spacial score (nSPS) is 15.3. The summed E-state index contributed by atoms with van der Waals surface area (Å²) in [4.78, 5) is 25.8. The third kappa shape index (κ3) is 4.99. The van der Waals surface area contributed by atoms with E-state index in [1.165, 1.54) is 21.4 Å². The van der Waals surface area contributed by atoms with Gasteiger partial charge in [0.2, 0.25) is 15.9 Å². The second-order valence-corrected chi connectivity index (χ2v) is 9.71. The summed E-state index contributed by atoms with van der Waals surface area (Å²) in [6.45, 7) is 0.705. The minimum absolute atomic E-state index is 0.207. The standard InChI is InChI=1S/C22H25N5O5S/c1-26-20(22(29)23-14-17-6-5-13-32-17)19(15-24-26)25-21(28)16-9-11-27(12-10-16)33(30,31)18-7-3-2-4-8-18/h2-8,13,15-16H,9-12,14H2,1H3,(H,23,29)(H,25,28). The summed E-state index contributed by atoms with van der Waals surface area (Å²) in [6.07, 6.45) is 3.72. The maximum atomic E-state index is 12.9. The zero-order valence-corrected chi connectivity index (χ0v) is 18.9. The zero-order valence-electron chi connectivity index (χ0n) is 18.1. The van der Waals surface area contributed by atoms with E-state index in [1.807, 2.05) is 0 Å². The minimum atomic E-state index is -3.58. The molecule has 2 N–H and O–H groups in total. The van der Waals surface area contributed by atoms with Gasteiger partial charge in [0.05, 0.1) is 29.6 Å². The average molecular weight is 472 g/mol. The second-order valence-electron chi connectivity index (χ2n) is 7.77. The number of aryl methyl sites for hydroxylation is 1. The van der Waals surface area contributed by atoms with Crippen LogP contribution in [0.2, 0.25) is 0 Å². The van der Waals surface area contributed by atoms with Crippen LogP contribution in [0.15, 0.2) is 64.2 Å². The van der Waals surface area contributed by atoms with Gasteiger partial charge in [-0.05, 0) is 37.1 Å². The Bertz CT molecular complexity index is 1210. The fourth-order valence-electron chi connectivity index (χ4n) is 3.80. The maximum absolute atomic E-state index is 12.9. The topological polar surface area (TPSA) is 127 Å². The van der Waals surface area contributed by atoms with Crippen molar-refractivity contribution in [1.82, 2.24) is 19.4 Å². The molecule has 174 valence electrons. The number of carbonyl (C=O) groups is 2. The van der Waals surface area contributed by atoms with E-state index in [1.54, 1.807) is 49.5 Å². The third-order valence-corrected chi connectivity index (χ3v) is 7.53. The molecule has 0 spiro atoms. The summed E-state index contributed by atoms with van der Waals surface area (Å²) in [5, 5.41) is 9.62. The number of hydrogen-bond acceptors (Lipinski definition) is 6. The van der Waals surface area contributed by atoms with Gasteiger partial charge in [-0.15, -0.1) is 0 Å². The molecule has 0 radical (unpaired) electrons. The van der Waals surface area contributed by atoms with Gasteiger partial charge in [0.15, 0.2) is 0 Å². The lowest BCUT2D eigenvalue weighted by Gasteiger charge is -2.30. The van der Waals surface area contributed by atoms with Crippen LogP contribution >= 0.6 is 0 Å². The number of nitrogens with zero attached hydrogens (tertiary/aromatic N) is 3. The van der Waals surface area contributed by atoms with Crippen LogP contribution in [0.1, 0.15) is 29.1 Å². The summed E-state index contributed by atoms with van der Waals surface area (Å²) in [6, 6.07) is 11.7. The fraction of sp³-hybridized carbons (Fsp3) is 0.318. The van der Waals surface area contributed by atoms with E-state index in [-0.39, 0.29) is 42.0 Å². The average Bonchev–Trinajstić information content (AvgIpc) is 3.48. The quantitative estimate of drug-likeness (QED) is 0.543. The van der Waals surface area contributed by atoms with E-state index in [0.29, 0.717) is 24.3 Å².